The number of carbonyl (C=O) groups is 1. The van der Waals surface area contributed by atoms with Crippen molar-refractivity contribution in [3.8, 4) is 0 Å². The lowest BCUT2D eigenvalue weighted by Gasteiger charge is -2.25. The molecular weight excluding hydrogens is 266 g/mol. The van der Waals surface area contributed by atoms with E-state index in [9.17, 15) is 4.79 Å². The van der Waals surface area contributed by atoms with Gasteiger partial charge in [0.15, 0.2) is 0 Å². The fourth-order valence-electron chi connectivity index (χ4n) is 1.20. The van der Waals surface area contributed by atoms with Crippen molar-refractivity contribution in [3.63, 3.8) is 0 Å². The summed E-state index contributed by atoms with van der Waals surface area (Å²) in [5.74, 6) is -0.0703. The Hall–Kier alpha value is -0.620. The molecule has 2 atom stereocenters. The number of rotatable bonds is 6. The summed E-state index contributed by atoms with van der Waals surface area (Å²) >= 11 is 5.40. The molecular formula is C13H29ClN3O2+. The number of alkyl halides is 1. The number of hydrogen-bond acceptors (Lipinski definition) is 3. The van der Waals surface area contributed by atoms with Gasteiger partial charge < -0.3 is 21.1 Å². The van der Waals surface area contributed by atoms with Crippen molar-refractivity contribution in [2.24, 2.45) is 11.5 Å². The molecule has 0 spiro atoms. The first-order valence-electron chi connectivity index (χ1n) is 6.31. The maximum atomic E-state index is 10.4. The number of aliphatic hydroxyl groups excluding tert-OH is 1. The highest BCUT2D eigenvalue weighted by Gasteiger charge is 2.13. The minimum absolute atomic E-state index is 0.0486. The smallest absolute Gasteiger partial charge is 0.244 e. The third-order valence-corrected chi connectivity index (χ3v) is 2.62. The third kappa shape index (κ3) is 15.3. The topological polar surface area (TPSA) is 89.3 Å². The highest BCUT2D eigenvalue weighted by molar-refractivity contribution is 6.18. The van der Waals surface area contributed by atoms with E-state index in [1.807, 2.05) is 28.1 Å². The Balaban J connectivity index is 0. The zero-order valence-corrected chi connectivity index (χ0v) is 13.4. The molecule has 0 heterocycles. The molecule has 5 nitrogen and oxygen atoms in total. The van der Waals surface area contributed by atoms with Crippen molar-refractivity contribution in [1.29, 1.82) is 0 Å². The summed E-state index contributed by atoms with van der Waals surface area (Å²) in [6.07, 6.45) is 2.14. The van der Waals surface area contributed by atoms with E-state index in [0.29, 0.717) is 18.0 Å². The number of amides is 1. The molecule has 19 heavy (non-hydrogen) atoms. The molecule has 0 aliphatic heterocycles. The van der Waals surface area contributed by atoms with Crippen molar-refractivity contribution >= 4 is 17.5 Å². The van der Waals surface area contributed by atoms with Crippen LogP contribution in [0.25, 0.3) is 0 Å². The lowest BCUT2D eigenvalue weighted by Crippen LogP contribution is -2.41. The number of nitrogens with zero attached hydrogens (tertiary/aromatic N) is 1. The molecule has 0 radical (unpaired) electrons. The lowest BCUT2D eigenvalue weighted by atomic mass is 10.1. The molecule has 0 aromatic carbocycles. The van der Waals surface area contributed by atoms with E-state index in [2.05, 4.69) is 0 Å². The number of halogens is 1. The van der Waals surface area contributed by atoms with Gasteiger partial charge in [0.1, 0.15) is 12.6 Å². The fourth-order valence-corrected chi connectivity index (χ4v) is 1.30. The van der Waals surface area contributed by atoms with Crippen LogP contribution in [0.5, 0.6) is 0 Å². The normalized spacial score (nSPS) is 15.3. The third-order valence-electron chi connectivity index (χ3n) is 2.26. The van der Waals surface area contributed by atoms with Crippen molar-refractivity contribution in [3.05, 3.63) is 11.6 Å². The maximum absolute atomic E-state index is 10.4. The molecule has 0 aromatic heterocycles. The Kier molecular flexibility index (Phi) is 11.1. The van der Waals surface area contributed by atoms with Gasteiger partial charge in [0.05, 0.1) is 27.0 Å². The van der Waals surface area contributed by atoms with E-state index in [-0.39, 0.29) is 12.1 Å². The second-order valence-corrected chi connectivity index (χ2v) is 5.88. The first kappa shape index (κ1) is 20.7. The average Bonchev–Trinajstić information content (AvgIpc) is 2.27. The van der Waals surface area contributed by atoms with Gasteiger partial charge in [0, 0.05) is 11.6 Å². The number of quaternary nitrogens is 1. The van der Waals surface area contributed by atoms with Crippen molar-refractivity contribution < 1.29 is 14.4 Å². The number of carbonyl (C=O) groups excluding carboxylic acids is 1. The zero-order valence-electron chi connectivity index (χ0n) is 12.7. The van der Waals surface area contributed by atoms with Gasteiger partial charge in [-0.25, -0.2) is 0 Å². The van der Waals surface area contributed by atoms with Gasteiger partial charge in [-0.05, 0) is 13.3 Å². The van der Waals surface area contributed by atoms with Crippen molar-refractivity contribution in [2.75, 3.05) is 33.6 Å². The fraction of sp³-hybridized carbons (Fsp3) is 0.769. The summed E-state index contributed by atoms with van der Waals surface area (Å²) in [5, 5.41) is 9.05. The van der Waals surface area contributed by atoms with Gasteiger partial charge >= 0.3 is 0 Å². The SMILES string of the molecule is CCC(N)C=C(C)C(N)=O.C[N+](C)(C)CC(O)CCl. The predicted molar refractivity (Wildman–Crippen MR) is 80.8 cm³/mol. The average molecular weight is 295 g/mol. The molecule has 0 saturated carbocycles. The molecule has 0 aromatic rings. The van der Waals surface area contributed by atoms with Crippen LogP contribution in [0.1, 0.15) is 20.3 Å². The van der Waals surface area contributed by atoms with Gasteiger partial charge in [-0.15, -0.1) is 11.6 Å². The molecule has 0 rings (SSSR count). The molecule has 0 saturated heterocycles. The monoisotopic (exact) mass is 294 g/mol. The van der Waals surface area contributed by atoms with Gasteiger partial charge in [-0.3, -0.25) is 4.79 Å². The molecule has 0 fully saturated rings. The number of nitrogens with two attached hydrogens (primary N) is 2. The van der Waals surface area contributed by atoms with Gasteiger partial charge in [-0.2, -0.15) is 0 Å². The van der Waals surface area contributed by atoms with Crippen LogP contribution >= 0.6 is 11.6 Å². The standard InChI is InChI=1S/C7H14N2O.C6H15ClNO/c1-3-6(8)4-5(2)7(9)10;1-8(2,3)5-6(9)4-7/h4,6H,3,8H2,1-2H3,(H2,9,10);6,9H,4-5H2,1-3H3/q;+1. The van der Waals surface area contributed by atoms with Crippen LogP contribution in [0.2, 0.25) is 0 Å². The van der Waals surface area contributed by atoms with E-state index in [1.165, 1.54) is 0 Å². The Morgan fingerprint density at radius 3 is 2.11 bits per heavy atom. The number of likely N-dealkylation sites (N-methyl/N-ethyl adjacent to an activating group) is 1. The largest absolute Gasteiger partial charge is 0.386 e. The Labute approximate surface area is 121 Å². The van der Waals surface area contributed by atoms with Gasteiger partial charge in [-0.1, -0.05) is 13.0 Å². The van der Waals surface area contributed by atoms with E-state index in [4.69, 9.17) is 28.2 Å². The first-order valence-corrected chi connectivity index (χ1v) is 6.85. The molecule has 1 amide bonds. The van der Waals surface area contributed by atoms with Crippen LogP contribution in [0.15, 0.2) is 11.6 Å². The van der Waals surface area contributed by atoms with E-state index >= 15 is 0 Å². The maximum Gasteiger partial charge on any atom is 0.244 e. The summed E-state index contributed by atoms with van der Waals surface area (Å²) in [7, 11) is 6.07. The summed E-state index contributed by atoms with van der Waals surface area (Å²) in [5.41, 5.74) is 11.0. The van der Waals surface area contributed by atoms with Crippen LogP contribution in [-0.2, 0) is 4.79 Å². The summed E-state index contributed by atoms with van der Waals surface area (Å²) in [6, 6.07) is -0.0486. The number of primary amides is 1. The van der Waals surface area contributed by atoms with Crippen LogP contribution in [0.3, 0.4) is 0 Å². The van der Waals surface area contributed by atoms with Crippen molar-refractivity contribution in [1.82, 2.24) is 0 Å². The minimum atomic E-state index is -0.399. The van der Waals surface area contributed by atoms with Gasteiger partial charge in [0.25, 0.3) is 0 Å². The molecule has 2 unspecified atom stereocenters. The molecule has 114 valence electrons. The highest BCUT2D eigenvalue weighted by atomic mass is 35.5. The zero-order chi connectivity index (χ0) is 15.6. The first-order chi connectivity index (χ1) is 8.53. The van der Waals surface area contributed by atoms with E-state index < -0.39 is 5.91 Å². The lowest BCUT2D eigenvalue weighted by molar-refractivity contribution is -0.873. The quantitative estimate of drug-likeness (QED) is 0.377. The van der Waals surface area contributed by atoms with Crippen LogP contribution in [0, 0.1) is 0 Å². The molecule has 0 aliphatic rings. The molecule has 0 bridgehead atoms. The summed E-state index contributed by atoms with van der Waals surface area (Å²) in [6.45, 7) is 4.33. The summed E-state index contributed by atoms with van der Waals surface area (Å²) in [4.78, 5) is 10.4. The van der Waals surface area contributed by atoms with E-state index in [1.54, 1.807) is 13.0 Å². The minimum Gasteiger partial charge on any atom is -0.386 e. The highest BCUT2D eigenvalue weighted by Crippen LogP contribution is 1.96. The van der Waals surface area contributed by atoms with Crippen LogP contribution < -0.4 is 11.5 Å². The molecule has 5 N–H and O–H groups in total. The predicted octanol–water partition coefficient (Wildman–Crippen LogP) is 0.448. The van der Waals surface area contributed by atoms with Crippen LogP contribution in [0.4, 0.5) is 0 Å². The summed E-state index contributed by atoms with van der Waals surface area (Å²) < 4.78 is 0.758. The second kappa shape index (κ2) is 10.2. The Morgan fingerprint density at radius 1 is 1.42 bits per heavy atom. The Bertz CT molecular complexity index is 288. The van der Waals surface area contributed by atoms with Gasteiger partial charge in [0.2, 0.25) is 5.91 Å². The molecule has 6 heteroatoms. The van der Waals surface area contributed by atoms with Crippen molar-refractivity contribution in [2.45, 2.75) is 32.4 Å². The molecule has 0 aliphatic carbocycles. The second-order valence-electron chi connectivity index (χ2n) is 5.57. The Morgan fingerprint density at radius 2 is 1.89 bits per heavy atom. The number of hydrogen-bond donors (Lipinski definition) is 3. The van der Waals surface area contributed by atoms with E-state index in [0.717, 1.165) is 10.9 Å². The van der Waals surface area contributed by atoms with Crippen LogP contribution in [-0.4, -0.2) is 61.2 Å². The number of aliphatic hydroxyl groups is 1.